The number of rotatable bonds is 3. The van der Waals surface area contributed by atoms with Crippen molar-refractivity contribution in [1.29, 1.82) is 0 Å². The molecule has 2 aliphatic rings. The van der Waals surface area contributed by atoms with Gasteiger partial charge in [-0.05, 0) is 79.2 Å². The van der Waals surface area contributed by atoms with E-state index in [-0.39, 0.29) is 5.41 Å². The number of hydrogen-bond donors (Lipinski definition) is 0. The minimum Gasteiger partial charge on any atom is -0.0622 e. The van der Waals surface area contributed by atoms with Gasteiger partial charge in [-0.3, -0.25) is 0 Å². The molecule has 8 rings (SSSR count). The van der Waals surface area contributed by atoms with E-state index in [1.54, 1.807) is 0 Å². The minimum absolute atomic E-state index is 0.267. The Morgan fingerprint density at radius 2 is 0.789 bits per heavy atom. The summed E-state index contributed by atoms with van der Waals surface area (Å²) in [6, 6.07) is 53.9. The number of fused-ring (bicyclic) bond motifs is 10. The summed E-state index contributed by atoms with van der Waals surface area (Å²) in [7, 11) is 0. The molecule has 0 nitrogen and oxygen atoms in total. The second kappa shape index (κ2) is 8.16. The average Bonchev–Trinajstić information content (AvgIpc) is 3.45. The van der Waals surface area contributed by atoms with Gasteiger partial charge < -0.3 is 0 Å². The fourth-order valence-corrected chi connectivity index (χ4v) is 6.93. The highest BCUT2D eigenvalue weighted by Gasteiger charge is 2.51. The first-order valence-corrected chi connectivity index (χ1v) is 13.4. The Kier molecular flexibility index (Phi) is 4.60. The predicted molar refractivity (Wildman–Crippen MR) is 157 cm³/mol. The molecule has 0 fully saturated rings. The van der Waals surface area contributed by atoms with Crippen LogP contribution in [-0.4, -0.2) is 0 Å². The van der Waals surface area contributed by atoms with Gasteiger partial charge in [0.25, 0.3) is 0 Å². The molecular weight excluding hydrogens is 456 g/mol. The molecule has 0 bridgehead atoms. The molecule has 2 aliphatic carbocycles. The van der Waals surface area contributed by atoms with Crippen LogP contribution >= 0.6 is 0 Å². The summed E-state index contributed by atoms with van der Waals surface area (Å²) >= 11 is 0. The van der Waals surface area contributed by atoms with Crippen molar-refractivity contribution in [3.05, 3.63) is 179 Å². The molecular formula is C38H26. The predicted octanol–water partition coefficient (Wildman–Crippen LogP) is 9.29. The molecule has 6 aromatic carbocycles. The topological polar surface area (TPSA) is 0 Å². The van der Waals surface area contributed by atoms with Crippen LogP contribution in [0.5, 0.6) is 0 Å². The highest BCUT2D eigenvalue weighted by atomic mass is 14.5. The highest BCUT2D eigenvalue weighted by Crippen LogP contribution is 2.62. The summed E-state index contributed by atoms with van der Waals surface area (Å²) in [5.41, 5.74) is 15.9. The molecule has 1 spiro atoms. The largest absolute Gasteiger partial charge is 0.0725 e. The third kappa shape index (κ3) is 2.92. The van der Waals surface area contributed by atoms with Crippen LogP contribution in [-0.2, 0) is 11.8 Å². The molecule has 0 saturated heterocycles. The van der Waals surface area contributed by atoms with E-state index in [0.717, 1.165) is 6.42 Å². The third-order valence-electron chi connectivity index (χ3n) is 8.54. The molecule has 38 heavy (non-hydrogen) atoms. The Labute approximate surface area is 223 Å². The summed E-state index contributed by atoms with van der Waals surface area (Å²) < 4.78 is 0. The van der Waals surface area contributed by atoms with Gasteiger partial charge in [-0.1, -0.05) is 140 Å². The van der Waals surface area contributed by atoms with Crippen LogP contribution in [0.15, 0.2) is 146 Å². The molecule has 0 heterocycles. The van der Waals surface area contributed by atoms with Crippen molar-refractivity contribution in [2.75, 3.05) is 0 Å². The summed E-state index contributed by atoms with van der Waals surface area (Å²) in [4.78, 5) is 0. The van der Waals surface area contributed by atoms with Gasteiger partial charge in [0.15, 0.2) is 0 Å². The van der Waals surface area contributed by atoms with Crippen LogP contribution in [0.2, 0.25) is 0 Å². The lowest BCUT2D eigenvalue weighted by Crippen LogP contribution is -2.25. The van der Waals surface area contributed by atoms with Crippen molar-refractivity contribution in [2.45, 2.75) is 11.8 Å². The molecule has 0 amide bonds. The molecule has 0 saturated carbocycles. The molecule has 0 atom stereocenters. The van der Waals surface area contributed by atoms with Crippen LogP contribution in [0.3, 0.4) is 0 Å². The molecule has 178 valence electrons. The second-order valence-corrected chi connectivity index (χ2v) is 10.5. The van der Waals surface area contributed by atoms with Gasteiger partial charge in [0.05, 0.1) is 5.41 Å². The monoisotopic (exact) mass is 482 g/mol. The number of hydrogen-bond acceptors (Lipinski definition) is 0. The van der Waals surface area contributed by atoms with Gasteiger partial charge in [-0.2, -0.15) is 0 Å². The summed E-state index contributed by atoms with van der Waals surface area (Å²) in [6.07, 6.45) is 0.958. The van der Waals surface area contributed by atoms with Crippen molar-refractivity contribution < 1.29 is 0 Å². The zero-order valence-electron chi connectivity index (χ0n) is 21.1. The van der Waals surface area contributed by atoms with Crippen molar-refractivity contribution in [3.8, 4) is 33.4 Å². The molecule has 0 aromatic heterocycles. The van der Waals surface area contributed by atoms with Gasteiger partial charge in [0.2, 0.25) is 0 Å². The first-order chi connectivity index (χ1) is 18.8. The molecule has 0 heteroatoms. The van der Waals surface area contributed by atoms with Crippen LogP contribution in [0, 0.1) is 0 Å². The standard InChI is InChI=1S/C38H26/c1-2-10-26(11-3-1)24-27-18-20-28(21-19-27)29-22-23-37-33(25-29)32-14-6-9-17-36(32)38(37)34-15-7-4-12-30(34)31-13-5-8-16-35(31)38/h1-23,25H,24H2. The van der Waals surface area contributed by atoms with Crippen molar-refractivity contribution in [2.24, 2.45) is 0 Å². The lowest BCUT2D eigenvalue weighted by Gasteiger charge is -2.30. The molecule has 6 aromatic rings. The quantitative estimate of drug-likeness (QED) is 0.235. The van der Waals surface area contributed by atoms with Gasteiger partial charge in [0.1, 0.15) is 0 Å². The smallest absolute Gasteiger partial charge is 0.0622 e. The lowest BCUT2D eigenvalue weighted by atomic mass is 9.70. The number of benzene rings is 6. The van der Waals surface area contributed by atoms with E-state index in [0.29, 0.717) is 0 Å². The van der Waals surface area contributed by atoms with E-state index in [9.17, 15) is 0 Å². The maximum Gasteiger partial charge on any atom is 0.0725 e. The Morgan fingerprint density at radius 3 is 1.39 bits per heavy atom. The Bertz CT molecular complexity index is 1780. The summed E-state index contributed by atoms with van der Waals surface area (Å²) in [6.45, 7) is 0. The Hall–Kier alpha value is -4.68. The van der Waals surface area contributed by atoms with Crippen LogP contribution < -0.4 is 0 Å². The van der Waals surface area contributed by atoms with Crippen LogP contribution in [0.25, 0.3) is 33.4 Å². The molecule has 0 aliphatic heterocycles. The van der Waals surface area contributed by atoms with Gasteiger partial charge in [-0.25, -0.2) is 0 Å². The Morgan fingerprint density at radius 1 is 0.342 bits per heavy atom. The van der Waals surface area contributed by atoms with Gasteiger partial charge in [-0.15, -0.1) is 0 Å². The van der Waals surface area contributed by atoms with Crippen molar-refractivity contribution in [3.63, 3.8) is 0 Å². The minimum atomic E-state index is -0.267. The fourth-order valence-electron chi connectivity index (χ4n) is 6.93. The van der Waals surface area contributed by atoms with Crippen molar-refractivity contribution in [1.82, 2.24) is 0 Å². The van der Waals surface area contributed by atoms with E-state index in [1.165, 1.54) is 66.8 Å². The SMILES string of the molecule is c1ccc(Cc2ccc(-c3ccc4c(c3)-c3ccccc3C43c4ccccc4-c4ccccc43)cc2)cc1. The third-order valence-corrected chi connectivity index (χ3v) is 8.54. The van der Waals surface area contributed by atoms with E-state index < -0.39 is 0 Å². The lowest BCUT2D eigenvalue weighted by molar-refractivity contribution is 0.794. The average molecular weight is 483 g/mol. The fraction of sp³-hybridized carbons (Fsp3) is 0.0526. The van der Waals surface area contributed by atoms with Crippen LogP contribution in [0.1, 0.15) is 33.4 Å². The van der Waals surface area contributed by atoms with Gasteiger partial charge >= 0.3 is 0 Å². The zero-order valence-corrected chi connectivity index (χ0v) is 21.1. The first-order valence-electron chi connectivity index (χ1n) is 13.4. The van der Waals surface area contributed by atoms with Gasteiger partial charge in [0, 0.05) is 0 Å². The first kappa shape index (κ1) is 21.4. The maximum absolute atomic E-state index is 2.42. The molecule has 0 N–H and O–H groups in total. The van der Waals surface area contributed by atoms with E-state index in [4.69, 9.17) is 0 Å². The summed E-state index contributed by atoms with van der Waals surface area (Å²) in [5, 5.41) is 0. The maximum atomic E-state index is 2.42. The normalized spacial score (nSPS) is 13.6. The summed E-state index contributed by atoms with van der Waals surface area (Å²) in [5.74, 6) is 0. The highest BCUT2D eigenvalue weighted by molar-refractivity contribution is 5.95. The molecule has 0 radical (unpaired) electrons. The van der Waals surface area contributed by atoms with Crippen LogP contribution in [0.4, 0.5) is 0 Å². The van der Waals surface area contributed by atoms with E-state index in [2.05, 4.69) is 146 Å². The second-order valence-electron chi connectivity index (χ2n) is 10.5. The molecule has 0 unspecified atom stereocenters. The van der Waals surface area contributed by atoms with E-state index in [1.807, 2.05) is 0 Å². The van der Waals surface area contributed by atoms with Crippen molar-refractivity contribution >= 4 is 0 Å². The Balaban J connectivity index is 1.28. The van der Waals surface area contributed by atoms with E-state index >= 15 is 0 Å². The zero-order chi connectivity index (χ0) is 25.1.